The van der Waals surface area contributed by atoms with Crippen molar-refractivity contribution in [2.75, 3.05) is 0 Å². The van der Waals surface area contributed by atoms with E-state index in [2.05, 4.69) is 44.1 Å². The number of hydrogen-bond donors (Lipinski definition) is 1. The highest BCUT2D eigenvalue weighted by Crippen LogP contribution is 2.21. The molecule has 5 heteroatoms. The normalized spacial score (nSPS) is 14.0. The van der Waals surface area contributed by atoms with E-state index < -0.39 is 0 Å². The molecule has 1 fully saturated rings. The van der Waals surface area contributed by atoms with Gasteiger partial charge in [0.05, 0.1) is 0 Å². The summed E-state index contributed by atoms with van der Waals surface area (Å²) in [5.74, 6) is 1.07. The van der Waals surface area contributed by atoms with E-state index in [-0.39, 0.29) is 5.91 Å². The summed E-state index contributed by atoms with van der Waals surface area (Å²) in [5.41, 5.74) is 3.97. The van der Waals surface area contributed by atoms with Gasteiger partial charge in [-0.25, -0.2) is 9.97 Å². The number of fused-ring (bicyclic) bond motifs is 1. The van der Waals surface area contributed by atoms with Crippen LogP contribution in [0.3, 0.4) is 0 Å². The molecule has 1 aromatic carbocycles. The van der Waals surface area contributed by atoms with Crippen LogP contribution in [0, 0.1) is 6.92 Å². The van der Waals surface area contributed by atoms with Crippen LogP contribution in [0.25, 0.3) is 16.9 Å². The topological polar surface area (TPSA) is 59.8 Å². The van der Waals surface area contributed by atoms with Crippen LogP contribution in [0.2, 0.25) is 0 Å². The van der Waals surface area contributed by atoms with Gasteiger partial charge in [-0.05, 0) is 56.0 Å². The van der Waals surface area contributed by atoms with Crippen LogP contribution in [-0.4, -0.2) is 26.5 Å². The van der Waals surface area contributed by atoms with E-state index in [0.29, 0.717) is 12.5 Å². The summed E-state index contributed by atoms with van der Waals surface area (Å²) < 4.78 is 2.05. The van der Waals surface area contributed by atoms with Crippen molar-refractivity contribution in [3.63, 3.8) is 0 Å². The average molecular weight is 320 g/mol. The zero-order valence-corrected chi connectivity index (χ0v) is 13.7. The maximum absolute atomic E-state index is 11.8. The molecule has 1 aliphatic carbocycles. The fraction of sp³-hybridized carbons (Fsp3) is 0.316. The van der Waals surface area contributed by atoms with Gasteiger partial charge >= 0.3 is 0 Å². The Morgan fingerprint density at radius 2 is 2.04 bits per heavy atom. The number of carbonyl (C=O) groups excluding carboxylic acids is 1. The van der Waals surface area contributed by atoms with Crippen LogP contribution in [-0.2, 0) is 11.2 Å². The first-order valence-electron chi connectivity index (χ1n) is 8.39. The Bertz CT molecular complexity index is 878. The number of hydrogen-bond acceptors (Lipinski definition) is 3. The number of benzene rings is 1. The van der Waals surface area contributed by atoms with Crippen LogP contribution >= 0.6 is 0 Å². The zero-order valence-electron chi connectivity index (χ0n) is 13.7. The molecular weight excluding hydrogens is 300 g/mol. The fourth-order valence-electron chi connectivity index (χ4n) is 2.93. The van der Waals surface area contributed by atoms with Gasteiger partial charge in [-0.2, -0.15) is 0 Å². The van der Waals surface area contributed by atoms with E-state index in [0.717, 1.165) is 41.9 Å². The SMILES string of the molecule is Cc1nc2cccnc2n1-c1ccc(CCC(=O)NC2CC2)cc1. The third-order valence-corrected chi connectivity index (χ3v) is 4.36. The molecule has 2 heterocycles. The van der Waals surface area contributed by atoms with E-state index >= 15 is 0 Å². The largest absolute Gasteiger partial charge is 0.353 e. The van der Waals surface area contributed by atoms with Crippen molar-refractivity contribution in [2.45, 2.75) is 38.6 Å². The minimum Gasteiger partial charge on any atom is -0.353 e. The summed E-state index contributed by atoms with van der Waals surface area (Å²) in [6.45, 7) is 1.98. The van der Waals surface area contributed by atoms with E-state index in [4.69, 9.17) is 0 Å². The Morgan fingerprint density at radius 3 is 2.79 bits per heavy atom. The van der Waals surface area contributed by atoms with Crippen molar-refractivity contribution in [1.29, 1.82) is 0 Å². The molecule has 5 nitrogen and oxygen atoms in total. The Morgan fingerprint density at radius 1 is 1.25 bits per heavy atom. The molecule has 122 valence electrons. The highest BCUT2D eigenvalue weighted by Gasteiger charge is 2.22. The molecule has 3 aromatic rings. The Kier molecular flexibility index (Phi) is 3.76. The number of pyridine rings is 1. The van der Waals surface area contributed by atoms with Gasteiger partial charge in [-0.3, -0.25) is 9.36 Å². The molecule has 0 saturated heterocycles. The van der Waals surface area contributed by atoms with Crippen LogP contribution in [0.5, 0.6) is 0 Å². The standard InChI is InChI=1S/C19H20N4O/c1-13-21-17-3-2-12-20-19(17)23(13)16-9-4-14(5-10-16)6-11-18(24)22-15-7-8-15/h2-5,9-10,12,15H,6-8,11H2,1H3,(H,22,24). The monoisotopic (exact) mass is 320 g/mol. The van der Waals surface area contributed by atoms with Crippen molar-refractivity contribution in [1.82, 2.24) is 19.9 Å². The van der Waals surface area contributed by atoms with Crippen LogP contribution in [0.4, 0.5) is 0 Å². The molecule has 24 heavy (non-hydrogen) atoms. The number of nitrogens with one attached hydrogen (secondary N) is 1. The van der Waals surface area contributed by atoms with E-state index in [1.54, 1.807) is 6.20 Å². The highest BCUT2D eigenvalue weighted by atomic mass is 16.1. The van der Waals surface area contributed by atoms with E-state index in [1.165, 1.54) is 5.56 Å². The lowest BCUT2D eigenvalue weighted by atomic mass is 10.1. The van der Waals surface area contributed by atoms with Crippen molar-refractivity contribution in [2.24, 2.45) is 0 Å². The molecule has 1 N–H and O–H groups in total. The lowest BCUT2D eigenvalue weighted by Gasteiger charge is -2.08. The first-order chi connectivity index (χ1) is 11.7. The molecule has 0 atom stereocenters. The number of aryl methyl sites for hydroxylation is 2. The molecule has 1 amide bonds. The maximum atomic E-state index is 11.8. The summed E-state index contributed by atoms with van der Waals surface area (Å²) in [5, 5.41) is 3.03. The second kappa shape index (κ2) is 6.07. The fourth-order valence-corrected chi connectivity index (χ4v) is 2.93. The zero-order chi connectivity index (χ0) is 16.5. The van der Waals surface area contributed by atoms with Crippen LogP contribution in [0.15, 0.2) is 42.6 Å². The predicted octanol–water partition coefficient (Wildman–Crippen LogP) is 2.94. The third kappa shape index (κ3) is 3.02. The lowest BCUT2D eigenvalue weighted by molar-refractivity contribution is -0.121. The van der Waals surface area contributed by atoms with Crippen LogP contribution < -0.4 is 5.32 Å². The van der Waals surface area contributed by atoms with E-state index in [9.17, 15) is 4.79 Å². The first kappa shape index (κ1) is 14.9. The average Bonchev–Trinajstić information content (AvgIpc) is 3.33. The van der Waals surface area contributed by atoms with Gasteiger partial charge in [-0.15, -0.1) is 0 Å². The van der Waals surface area contributed by atoms with Crippen molar-refractivity contribution in [3.8, 4) is 5.69 Å². The second-order valence-electron chi connectivity index (χ2n) is 6.35. The minimum atomic E-state index is 0.155. The van der Waals surface area contributed by atoms with Crippen molar-refractivity contribution in [3.05, 3.63) is 54.0 Å². The second-order valence-corrected chi connectivity index (χ2v) is 6.35. The molecule has 1 aliphatic rings. The number of nitrogens with zero attached hydrogens (tertiary/aromatic N) is 3. The van der Waals surface area contributed by atoms with E-state index in [1.807, 2.05) is 19.1 Å². The predicted molar refractivity (Wildman–Crippen MR) is 93.1 cm³/mol. The Labute approximate surface area is 140 Å². The molecule has 1 saturated carbocycles. The number of imidazole rings is 1. The van der Waals surface area contributed by atoms with Crippen molar-refractivity contribution >= 4 is 17.1 Å². The molecule has 4 rings (SSSR count). The molecule has 0 unspecified atom stereocenters. The first-order valence-corrected chi connectivity index (χ1v) is 8.39. The number of rotatable bonds is 5. The molecule has 0 bridgehead atoms. The van der Waals surface area contributed by atoms with Gasteiger partial charge < -0.3 is 5.32 Å². The highest BCUT2D eigenvalue weighted by molar-refractivity contribution is 5.77. The van der Waals surface area contributed by atoms with Gasteiger partial charge in [0.15, 0.2) is 5.65 Å². The summed E-state index contributed by atoms with van der Waals surface area (Å²) in [6, 6.07) is 12.6. The third-order valence-electron chi connectivity index (χ3n) is 4.36. The quantitative estimate of drug-likeness (QED) is 0.786. The summed E-state index contributed by atoms with van der Waals surface area (Å²) >= 11 is 0. The smallest absolute Gasteiger partial charge is 0.220 e. The lowest BCUT2D eigenvalue weighted by Crippen LogP contribution is -2.25. The van der Waals surface area contributed by atoms with Crippen LogP contribution in [0.1, 0.15) is 30.7 Å². The Balaban J connectivity index is 1.50. The molecule has 0 aliphatic heterocycles. The molecule has 2 aromatic heterocycles. The summed E-state index contributed by atoms with van der Waals surface area (Å²) in [7, 11) is 0. The van der Waals surface area contributed by atoms with Crippen molar-refractivity contribution < 1.29 is 4.79 Å². The molecular formula is C19H20N4O. The molecule has 0 radical (unpaired) electrons. The molecule has 0 spiro atoms. The van der Waals surface area contributed by atoms with Gasteiger partial charge in [0, 0.05) is 24.3 Å². The van der Waals surface area contributed by atoms with Gasteiger partial charge in [0.1, 0.15) is 11.3 Å². The number of aromatic nitrogens is 3. The van der Waals surface area contributed by atoms with Gasteiger partial charge in [0.25, 0.3) is 0 Å². The summed E-state index contributed by atoms with van der Waals surface area (Å²) in [6.07, 6.45) is 5.36. The van der Waals surface area contributed by atoms with Gasteiger partial charge in [0.2, 0.25) is 5.91 Å². The maximum Gasteiger partial charge on any atom is 0.220 e. The Hall–Kier alpha value is -2.69. The summed E-state index contributed by atoms with van der Waals surface area (Å²) in [4.78, 5) is 20.8. The number of carbonyl (C=O) groups is 1. The number of amides is 1. The van der Waals surface area contributed by atoms with Gasteiger partial charge in [-0.1, -0.05) is 12.1 Å². The minimum absolute atomic E-state index is 0.155.